The highest BCUT2D eigenvalue weighted by Gasteiger charge is 2.19. The molecule has 10 heavy (non-hydrogen) atoms. The largest absolute Gasteiger partial charge is 0.302 e. The van der Waals surface area contributed by atoms with Gasteiger partial charge in [0.25, 0.3) is 0 Å². The zero-order chi connectivity index (χ0) is 8.41. The third kappa shape index (κ3) is 7.81. The lowest BCUT2D eigenvalue weighted by Crippen LogP contribution is -2.16. The van der Waals surface area contributed by atoms with E-state index in [1.54, 1.807) is 0 Å². The van der Waals surface area contributed by atoms with Gasteiger partial charge in [-0.1, -0.05) is 0 Å². The van der Waals surface area contributed by atoms with Crippen LogP contribution in [0.2, 0.25) is 0 Å². The molecule has 0 aliphatic carbocycles. The summed E-state index contributed by atoms with van der Waals surface area (Å²) in [5.74, 6) is -0.740. The lowest BCUT2D eigenvalue weighted by atomic mass is 10.1. The molecular weight excluding hydrogens is 162 g/mol. The quantitative estimate of drug-likeness (QED) is 0.603. The van der Waals surface area contributed by atoms with Crippen LogP contribution in [0.25, 0.3) is 0 Å². The molecule has 0 N–H and O–H groups in total. The number of hydrogen-bond acceptors (Lipinski definition) is 2. The molecule has 0 unspecified atom stereocenters. The summed E-state index contributed by atoms with van der Waals surface area (Å²) >= 11 is 0. The number of hydrogen-bond donors (Lipinski definition) is 0. The van der Waals surface area contributed by atoms with Gasteiger partial charge in [0.2, 0.25) is 0 Å². The minimum atomic E-state index is -4.50. The van der Waals surface area contributed by atoms with Gasteiger partial charge in [0.1, 0.15) is 5.67 Å². The van der Waals surface area contributed by atoms with E-state index in [0.29, 0.717) is 0 Å². The second-order valence-electron chi connectivity index (χ2n) is 2.71. The van der Waals surface area contributed by atoms with E-state index in [9.17, 15) is 16.7 Å². The standard InChI is InChI=1S/C5H10F2O2S/c1-5(2,6)3-4-10(7,8)9/h3-4H2,1-2H3. The molecule has 0 amide bonds. The minimum Gasteiger partial charge on any atom is -0.244 e. The van der Waals surface area contributed by atoms with E-state index in [-0.39, 0.29) is 6.42 Å². The molecule has 0 spiro atoms. The van der Waals surface area contributed by atoms with Crippen LogP contribution in [0.3, 0.4) is 0 Å². The average molecular weight is 172 g/mol. The van der Waals surface area contributed by atoms with E-state index in [1.807, 2.05) is 0 Å². The van der Waals surface area contributed by atoms with Gasteiger partial charge in [-0.3, -0.25) is 0 Å². The first-order valence-electron chi connectivity index (χ1n) is 2.82. The van der Waals surface area contributed by atoms with E-state index in [0.717, 1.165) is 0 Å². The van der Waals surface area contributed by atoms with E-state index in [2.05, 4.69) is 0 Å². The predicted molar refractivity (Wildman–Crippen MR) is 34.7 cm³/mol. The Morgan fingerprint density at radius 1 is 1.40 bits per heavy atom. The molecule has 0 rings (SSSR count). The highest BCUT2D eigenvalue weighted by atomic mass is 32.3. The van der Waals surface area contributed by atoms with Gasteiger partial charge in [-0.25, -0.2) is 4.39 Å². The maximum absolute atomic E-state index is 12.5. The summed E-state index contributed by atoms with van der Waals surface area (Å²) in [5.41, 5.74) is -1.61. The Morgan fingerprint density at radius 2 is 1.80 bits per heavy atom. The normalized spacial score (nSPS) is 13.6. The van der Waals surface area contributed by atoms with Crippen molar-refractivity contribution in [3.8, 4) is 0 Å². The van der Waals surface area contributed by atoms with Crippen molar-refractivity contribution in [2.45, 2.75) is 25.9 Å². The first kappa shape index (κ1) is 9.81. The molecule has 2 nitrogen and oxygen atoms in total. The van der Waals surface area contributed by atoms with Crippen LogP contribution in [0.15, 0.2) is 0 Å². The fraction of sp³-hybridized carbons (Fsp3) is 1.00. The SMILES string of the molecule is CC(C)(F)CCS(=O)(=O)F. The first-order valence-corrected chi connectivity index (χ1v) is 4.37. The molecule has 0 radical (unpaired) electrons. The van der Waals surface area contributed by atoms with Gasteiger partial charge in [0.05, 0.1) is 5.75 Å². The summed E-state index contributed by atoms with van der Waals surface area (Å²) in [6, 6.07) is 0. The molecule has 0 bridgehead atoms. The van der Waals surface area contributed by atoms with Crippen LogP contribution < -0.4 is 0 Å². The van der Waals surface area contributed by atoms with E-state index in [4.69, 9.17) is 0 Å². The Hall–Kier alpha value is -0.190. The number of halogens is 2. The molecule has 0 aromatic carbocycles. The molecule has 0 aromatic heterocycles. The van der Waals surface area contributed by atoms with Crippen molar-refractivity contribution in [3.63, 3.8) is 0 Å². The maximum Gasteiger partial charge on any atom is 0.302 e. The van der Waals surface area contributed by atoms with Gasteiger partial charge in [-0.15, -0.1) is 3.89 Å². The minimum absolute atomic E-state index is 0.300. The third-order valence-corrected chi connectivity index (χ3v) is 1.63. The van der Waals surface area contributed by atoms with Gasteiger partial charge >= 0.3 is 10.2 Å². The van der Waals surface area contributed by atoms with Crippen molar-refractivity contribution in [1.82, 2.24) is 0 Å². The van der Waals surface area contributed by atoms with Crippen molar-refractivity contribution in [2.24, 2.45) is 0 Å². The van der Waals surface area contributed by atoms with E-state index < -0.39 is 21.6 Å². The summed E-state index contributed by atoms with van der Waals surface area (Å²) in [5, 5.41) is 0. The van der Waals surface area contributed by atoms with Gasteiger partial charge < -0.3 is 0 Å². The second kappa shape index (κ2) is 2.82. The van der Waals surface area contributed by atoms with Crippen molar-refractivity contribution in [1.29, 1.82) is 0 Å². The highest BCUT2D eigenvalue weighted by molar-refractivity contribution is 7.86. The van der Waals surface area contributed by atoms with Gasteiger partial charge in [0, 0.05) is 0 Å². The summed E-state index contributed by atoms with van der Waals surface area (Å²) in [7, 11) is -4.50. The monoisotopic (exact) mass is 172 g/mol. The first-order chi connectivity index (χ1) is 4.21. The van der Waals surface area contributed by atoms with Crippen LogP contribution in [0.1, 0.15) is 20.3 Å². The molecule has 0 aliphatic heterocycles. The smallest absolute Gasteiger partial charge is 0.244 e. The number of alkyl halides is 1. The van der Waals surface area contributed by atoms with Gasteiger partial charge in [-0.05, 0) is 20.3 Å². The maximum atomic E-state index is 12.5. The van der Waals surface area contributed by atoms with Crippen LogP contribution in [0.4, 0.5) is 8.28 Å². The van der Waals surface area contributed by atoms with Crippen LogP contribution >= 0.6 is 0 Å². The fourth-order valence-electron chi connectivity index (χ4n) is 0.365. The van der Waals surface area contributed by atoms with Crippen LogP contribution in [0.5, 0.6) is 0 Å². The molecule has 0 aromatic rings. The summed E-state index contributed by atoms with van der Waals surface area (Å²) in [6.07, 6.45) is -0.300. The Balaban J connectivity index is 3.79. The zero-order valence-corrected chi connectivity index (χ0v) is 6.71. The van der Waals surface area contributed by atoms with Gasteiger partial charge in [-0.2, -0.15) is 8.42 Å². The van der Waals surface area contributed by atoms with Crippen molar-refractivity contribution >= 4 is 10.2 Å². The molecule has 0 fully saturated rings. The Morgan fingerprint density at radius 3 is 1.90 bits per heavy atom. The number of rotatable bonds is 3. The zero-order valence-electron chi connectivity index (χ0n) is 5.89. The van der Waals surface area contributed by atoms with Crippen LogP contribution in [0, 0.1) is 0 Å². The Labute approximate surface area is 59.5 Å². The summed E-state index contributed by atoms with van der Waals surface area (Å²) in [4.78, 5) is 0. The molecule has 0 saturated carbocycles. The van der Waals surface area contributed by atoms with Crippen molar-refractivity contribution in [2.75, 3.05) is 5.75 Å². The van der Waals surface area contributed by atoms with Crippen LogP contribution in [-0.4, -0.2) is 19.8 Å². The average Bonchev–Trinajstić information content (AvgIpc) is 1.57. The molecule has 0 atom stereocenters. The van der Waals surface area contributed by atoms with Crippen LogP contribution in [-0.2, 0) is 10.2 Å². The lowest BCUT2D eigenvalue weighted by molar-refractivity contribution is 0.210. The molecule has 5 heteroatoms. The van der Waals surface area contributed by atoms with Gasteiger partial charge in [0.15, 0.2) is 0 Å². The predicted octanol–water partition coefficient (Wildman–Crippen LogP) is 1.42. The summed E-state index contributed by atoms with van der Waals surface area (Å²) < 4.78 is 43.9. The Bertz CT molecular complexity index is 190. The fourth-order valence-corrected chi connectivity index (χ4v) is 1.09. The van der Waals surface area contributed by atoms with Crippen molar-refractivity contribution < 1.29 is 16.7 Å². The molecule has 0 aliphatic rings. The topological polar surface area (TPSA) is 34.1 Å². The summed E-state index contributed by atoms with van der Waals surface area (Å²) in [6.45, 7) is 2.41. The molecule has 62 valence electrons. The Kier molecular flexibility index (Phi) is 2.76. The third-order valence-electron chi connectivity index (χ3n) is 0.940. The van der Waals surface area contributed by atoms with E-state index >= 15 is 0 Å². The van der Waals surface area contributed by atoms with Crippen molar-refractivity contribution in [3.05, 3.63) is 0 Å². The highest BCUT2D eigenvalue weighted by Crippen LogP contribution is 2.14. The van der Waals surface area contributed by atoms with E-state index in [1.165, 1.54) is 13.8 Å². The second-order valence-corrected chi connectivity index (χ2v) is 4.20. The lowest BCUT2D eigenvalue weighted by Gasteiger charge is -2.10. The molecule has 0 heterocycles. The molecular formula is C5H10F2O2S. The molecule has 0 saturated heterocycles.